The highest BCUT2D eigenvalue weighted by atomic mass is 16.5. The van der Waals surface area contributed by atoms with E-state index in [4.69, 9.17) is 9.15 Å². The highest BCUT2D eigenvalue weighted by Gasteiger charge is 2.13. The second kappa shape index (κ2) is 5.40. The first-order valence-electron chi connectivity index (χ1n) is 5.69. The van der Waals surface area contributed by atoms with Crippen LogP contribution in [0.2, 0.25) is 0 Å². The van der Waals surface area contributed by atoms with Crippen LogP contribution in [0.15, 0.2) is 47.1 Å². The summed E-state index contributed by atoms with van der Waals surface area (Å²) in [7, 11) is 1.62. The lowest BCUT2D eigenvalue weighted by Gasteiger charge is -2.14. The van der Waals surface area contributed by atoms with Crippen molar-refractivity contribution in [2.75, 3.05) is 7.11 Å². The van der Waals surface area contributed by atoms with Crippen LogP contribution in [0.5, 0.6) is 5.75 Å². The molecule has 1 aromatic carbocycles. The predicted octanol–water partition coefficient (Wildman–Crippen LogP) is 2.78. The van der Waals surface area contributed by atoms with Crippen LogP contribution < -0.4 is 10.1 Å². The fourth-order valence-corrected chi connectivity index (χ4v) is 1.67. The normalized spacial score (nSPS) is 11.9. The Morgan fingerprint density at radius 3 is 2.83 bits per heavy atom. The molecule has 0 radical (unpaired) electrons. The molecule has 94 valence electrons. The zero-order valence-corrected chi connectivity index (χ0v) is 10.3. The van der Waals surface area contributed by atoms with E-state index in [-0.39, 0.29) is 11.9 Å². The van der Waals surface area contributed by atoms with Gasteiger partial charge in [0.25, 0.3) is 5.91 Å². The lowest BCUT2D eigenvalue weighted by Crippen LogP contribution is -2.26. The summed E-state index contributed by atoms with van der Waals surface area (Å²) in [5.41, 5.74) is 0.981. The Hall–Kier alpha value is -2.23. The standard InChI is InChI=1S/C14H15NO3/c1-10(11-5-3-6-12(9-11)17-2)15-14(16)13-7-4-8-18-13/h3-10H,1-2H3,(H,15,16). The van der Waals surface area contributed by atoms with Gasteiger partial charge in [0.05, 0.1) is 19.4 Å². The molecule has 1 N–H and O–H groups in total. The number of carbonyl (C=O) groups excluding carboxylic acids is 1. The van der Waals surface area contributed by atoms with Crippen LogP contribution in [0.4, 0.5) is 0 Å². The molecule has 1 atom stereocenters. The lowest BCUT2D eigenvalue weighted by atomic mass is 10.1. The van der Waals surface area contributed by atoms with Crippen LogP contribution in [0.1, 0.15) is 29.1 Å². The van der Waals surface area contributed by atoms with Gasteiger partial charge in [-0.3, -0.25) is 4.79 Å². The topological polar surface area (TPSA) is 51.5 Å². The summed E-state index contributed by atoms with van der Waals surface area (Å²) >= 11 is 0. The maximum absolute atomic E-state index is 11.8. The SMILES string of the molecule is COc1cccc(C(C)NC(=O)c2ccco2)c1. The van der Waals surface area contributed by atoms with Gasteiger partial charge in [0.15, 0.2) is 5.76 Å². The molecule has 1 heterocycles. The molecule has 0 saturated heterocycles. The zero-order chi connectivity index (χ0) is 13.0. The summed E-state index contributed by atoms with van der Waals surface area (Å²) in [5, 5.41) is 2.86. The smallest absolute Gasteiger partial charge is 0.287 e. The Morgan fingerprint density at radius 2 is 2.17 bits per heavy atom. The molecule has 1 amide bonds. The number of furan rings is 1. The molecule has 1 unspecified atom stereocenters. The number of carbonyl (C=O) groups is 1. The minimum Gasteiger partial charge on any atom is -0.497 e. The van der Waals surface area contributed by atoms with Crippen molar-refractivity contribution in [3.63, 3.8) is 0 Å². The number of amides is 1. The van der Waals surface area contributed by atoms with Crippen LogP contribution in [-0.2, 0) is 0 Å². The first-order valence-corrected chi connectivity index (χ1v) is 5.69. The molecule has 0 aliphatic carbocycles. The van der Waals surface area contributed by atoms with Crippen molar-refractivity contribution < 1.29 is 13.9 Å². The van der Waals surface area contributed by atoms with Gasteiger partial charge in [-0.25, -0.2) is 0 Å². The average Bonchev–Trinajstić information content (AvgIpc) is 2.92. The van der Waals surface area contributed by atoms with Crippen LogP contribution in [0, 0.1) is 0 Å². The number of benzene rings is 1. The van der Waals surface area contributed by atoms with Crippen LogP contribution in [0.3, 0.4) is 0 Å². The summed E-state index contributed by atoms with van der Waals surface area (Å²) < 4.78 is 10.2. The zero-order valence-electron chi connectivity index (χ0n) is 10.3. The number of hydrogen-bond acceptors (Lipinski definition) is 3. The van der Waals surface area contributed by atoms with Crippen molar-refractivity contribution >= 4 is 5.91 Å². The van der Waals surface area contributed by atoms with Gasteiger partial charge in [0, 0.05) is 0 Å². The summed E-state index contributed by atoms with van der Waals surface area (Å²) in [6.07, 6.45) is 1.48. The number of rotatable bonds is 4. The third-order valence-corrected chi connectivity index (χ3v) is 2.69. The monoisotopic (exact) mass is 245 g/mol. The van der Waals surface area contributed by atoms with Crippen molar-refractivity contribution in [3.05, 3.63) is 54.0 Å². The maximum Gasteiger partial charge on any atom is 0.287 e. The summed E-state index contributed by atoms with van der Waals surface area (Å²) in [5.74, 6) is 0.853. The minimum absolute atomic E-state index is 0.113. The number of methoxy groups -OCH3 is 1. The highest BCUT2D eigenvalue weighted by Crippen LogP contribution is 2.19. The van der Waals surface area contributed by atoms with E-state index >= 15 is 0 Å². The molecule has 0 saturated carbocycles. The summed E-state index contributed by atoms with van der Waals surface area (Å²) in [6.45, 7) is 1.91. The largest absolute Gasteiger partial charge is 0.497 e. The van der Waals surface area contributed by atoms with E-state index in [1.807, 2.05) is 31.2 Å². The molecule has 0 spiro atoms. The molecule has 0 fully saturated rings. The molecule has 18 heavy (non-hydrogen) atoms. The summed E-state index contributed by atoms with van der Waals surface area (Å²) in [4.78, 5) is 11.8. The molecular weight excluding hydrogens is 230 g/mol. The van der Waals surface area contributed by atoms with Crippen LogP contribution >= 0.6 is 0 Å². The molecule has 4 nitrogen and oxygen atoms in total. The molecule has 2 aromatic rings. The second-order valence-corrected chi connectivity index (χ2v) is 3.95. The Kier molecular flexibility index (Phi) is 3.67. The Balaban J connectivity index is 2.07. The Bertz CT molecular complexity index is 520. The molecule has 0 aliphatic heterocycles. The first-order chi connectivity index (χ1) is 8.70. The molecule has 0 bridgehead atoms. The summed E-state index contributed by atoms with van der Waals surface area (Å²) in [6, 6.07) is 10.8. The molecule has 0 aliphatic rings. The van der Waals surface area contributed by atoms with E-state index in [1.54, 1.807) is 19.2 Å². The fourth-order valence-electron chi connectivity index (χ4n) is 1.67. The van der Waals surface area contributed by atoms with Crippen molar-refractivity contribution in [1.29, 1.82) is 0 Å². The van der Waals surface area contributed by atoms with E-state index in [2.05, 4.69) is 5.32 Å². The van der Waals surface area contributed by atoms with Crippen LogP contribution in [-0.4, -0.2) is 13.0 Å². The molecule has 4 heteroatoms. The number of hydrogen-bond donors (Lipinski definition) is 1. The van der Waals surface area contributed by atoms with E-state index in [1.165, 1.54) is 6.26 Å². The van der Waals surface area contributed by atoms with Gasteiger partial charge in [-0.1, -0.05) is 12.1 Å². The van der Waals surface area contributed by atoms with Crippen molar-refractivity contribution in [3.8, 4) is 5.75 Å². The van der Waals surface area contributed by atoms with E-state index in [0.717, 1.165) is 11.3 Å². The van der Waals surface area contributed by atoms with Gasteiger partial charge < -0.3 is 14.5 Å². The molecule has 1 aromatic heterocycles. The Morgan fingerprint density at radius 1 is 1.33 bits per heavy atom. The van der Waals surface area contributed by atoms with Crippen LogP contribution in [0.25, 0.3) is 0 Å². The van der Waals surface area contributed by atoms with Crippen molar-refractivity contribution in [2.45, 2.75) is 13.0 Å². The van der Waals surface area contributed by atoms with Gasteiger partial charge >= 0.3 is 0 Å². The van der Waals surface area contributed by atoms with E-state index < -0.39 is 0 Å². The van der Waals surface area contributed by atoms with Gasteiger partial charge in [0.1, 0.15) is 5.75 Å². The van der Waals surface area contributed by atoms with Gasteiger partial charge in [-0.2, -0.15) is 0 Å². The maximum atomic E-state index is 11.8. The lowest BCUT2D eigenvalue weighted by molar-refractivity contribution is 0.0912. The predicted molar refractivity (Wildman–Crippen MR) is 67.6 cm³/mol. The second-order valence-electron chi connectivity index (χ2n) is 3.95. The van der Waals surface area contributed by atoms with Crippen molar-refractivity contribution in [2.24, 2.45) is 0 Å². The number of ether oxygens (including phenoxy) is 1. The third kappa shape index (κ3) is 2.71. The fraction of sp³-hybridized carbons (Fsp3) is 0.214. The van der Waals surface area contributed by atoms with Gasteiger partial charge in [-0.15, -0.1) is 0 Å². The highest BCUT2D eigenvalue weighted by molar-refractivity contribution is 5.91. The van der Waals surface area contributed by atoms with Gasteiger partial charge in [0.2, 0.25) is 0 Å². The molecule has 2 rings (SSSR count). The minimum atomic E-state index is -0.227. The van der Waals surface area contributed by atoms with Gasteiger partial charge in [-0.05, 0) is 36.8 Å². The quantitative estimate of drug-likeness (QED) is 0.901. The third-order valence-electron chi connectivity index (χ3n) is 2.69. The van der Waals surface area contributed by atoms with Crippen molar-refractivity contribution in [1.82, 2.24) is 5.32 Å². The average molecular weight is 245 g/mol. The van der Waals surface area contributed by atoms with E-state index in [0.29, 0.717) is 5.76 Å². The van der Waals surface area contributed by atoms with E-state index in [9.17, 15) is 4.79 Å². The first kappa shape index (κ1) is 12.2. The number of nitrogens with one attached hydrogen (secondary N) is 1. The molecular formula is C14H15NO3. The Labute approximate surface area is 106 Å².